The summed E-state index contributed by atoms with van der Waals surface area (Å²) in [4.78, 5) is 23.2. The van der Waals surface area contributed by atoms with Crippen LogP contribution < -0.4 is 10.1 Å². The molecule has 0 atom stereocenters. The summed E-state index contributed by atoms with van der Waals surface area (Å²) in [5.74, 6) is 1.72. The third-order valence-electron chi connectivity index (χ3n) is 3.70. The Hall–Kier alpha value is -2.48. The first-order valence-electron chi connectivity index (χ1n) is 6.75. The van der Waals surface area contributed by atoms with Gasteiger partial charge in [-0.05, 0) is 25.0 Å². The van der Waals surface area contributed by atoms with Gasteiger partial charge in [0, 0.05) is 18.2 Å². The number of aliphatic carboxylic acids is 1. The molecule has 1 aliphatic rings. The lowest BCUT2D eigenvalue weighted by Gasteiger charge is -2.36. The first-order valence-corrected chi connectivity index (χ1v) is 6.75. The summed E-state index contributed by atoms with van der Waals surface area (Å²) in [5, 5.41) is 11.9. The molecule has 0 unspecified atom stereocenters. The van der Waals surface area contributed by atoms with Crippen LogP contribution in [0.15, 0.2) is 24.3 Å². The average molecular weight is 287 g/mol. The number of rotatable bonds is 6. The highest BCUT2D eigenvalue weighted by atomic mass is 16.5. The SMILES string of the molecule is C#CCOc1cccc(NC(=O)CC2(C(=O)O)CCC2)c1. The maximum absolute atomic E-state index is 12.0. The molecule has 0 saturated heterocycles. The molecule has 0 bridgehead atoms. The Morgan fingerprint density at radius 3 is 2.76 bits per heavy atom. The van der Waals surface area contributed by atoms with E-state index in [4.69, 9.17) is 11.2 Å². The minimum atomic E-state index is -0.894. The van der Waals surface area contributed by atoms with Gasteiger partial charge in [0.1, 0.15) is 12.4 Å². The van der Waals surface area contributed by atoms with E-state index < -0.39 is 11.4 Å². The van der Waals surface area contributed by atoms with Crippen LogP contribution in [0.25, 0.3) is 0 Å². The van der Waals surface area contributed by atoms with E-state index in [2.05, 4.69) is 11.2 Å². The third-order valence-corrected chi connectivity index (χ3v) is 3.70. The predicted octanol–water partition coefficient (Wildman–Crippen LogP) is 2.28. The second-order valence-electron chi connectivity index (χ2n) is 5.18. The number of nitrogens with one attached hydrogen (secondary N) is 1. The van der Waals surface area contributed by atoms with E-state index in [0.717, 1.165) is 6.42 Å². The van der Waals surface area contributed by atoms with Crippen molar-refractivity contribution in [3.05, 3.63) is 24.3 Å². The molecule has 1 amide bonds. The van der Waals surface area contributed by atoms with Gasteiger partial charge in [-0.15, -0.1) is 6.42 Å². The Kier molecular flexibility index (Phi) is 4.49. The number of carboxylic acid groups (broad SMARTS) is 1. The Labute approximate surface area is 123 Å². The van der Waals surface area contributed by atoms with Crippen LogP contribution in [-0.2, 0) is 9.59 Å². The number of benzene rings is 1. The van der Waals surface area contributed by atoms with Gasteiger partial charge in [-0.2, -0.15) is 0 Å². The lowest BCUT2D eigenvalue weighted by atomic mass is 9.66. The van der Waals surface area contributed by atoms with E-state index in [0.29, 0.717) is 24.3 Å². The number of hydrogen-bond donors (Lipinski definition) is 2. The van der Waals surface area contributed by atoms with Crippen LogP contribution in [0, 0.1) is 17.8 Å². The molecule has 21 heavy (non-hydrogen) atoms. The molecule has 1 saturated carbocycles. The van der Waals surface area contributed by atoms with Crippen LogP contribution in [0.2, 0.25) is 0 Å². The van der Waals surface area contributed by atoms with Crippen LogP contribution in [-0.4, -0.2) is 23.6 Å². The monoisotopic (exact) mass is 287 g/mol. The van der Waals surface area contributed by atoms with Crippen LogP contribution >= 0.6 is 0 Å². The molecule has 0 spiro atoms. The molecule has 2 N–H and O–H groups in total. The van der Waals surface area contributed by atoms with Crippen molar-refractivity contribution < 1.29 is 19.4 Å². The second-order valence-corrected chi connectivity index (χ2v) is 5.18. The maximum Gasteiger partial charge on any atom is 0.310 e. The summed E-state index contributed by atoms with van der Waals surface area (Å²) in [6.07, 6.45) is 7.08. The Morgan fingerprint density at radius 1 is 1.43 bits per heavy atom. The van der Waals surface area contributed by atoms with Crippen molar-refractivity contribution >= 4 is 17.6 Å². The van der Waals surface area contributed by atoms with Crippen LogP contribution in [0.5, 0.6) is 5.75 Å². The molecule has 110 valence electrons. The molecular weight excluding hydrogens is 270 g/mol. The quantitative estimate of drug-likeness (QED) is 0.787. The van der Waals surface area contributed by atoms with Crippen molar-refractivity contribution in [3.8, 4) is 18.1 Å². The van der Waals surface area contributed by atoms with Gasteiger partial charge < -0.3 is 15.2 Å². The highest BCUT2D eigenvalue weighted by Crippen LogP contribution is 2.44. The highest BCUT2D eigenvalue weighted by Gasteiger charge is 2.45. The number of carbonyl (C=O) groups is 2. The van der Waals surface area contributed by atoms with Gasteiger partial charge in [-0.3, -0.25) is 9.59 Å². The van der Waals surface area contributed by atoms with E-state index in [1.54, 1.807) is 24.3 Å². The zero-order valence-electron chi connectivity index (χ0n) is 11.6. The average Bonchev–Trinajstić information content (AvgIpc) is 2.40. The van der Waals surface area contributed by atoms with E-state index in [9.17, 15) is 14.7 Å². The standard InChI is InChI=1S/C16H17NO4/c1-2-9-21-13-6-3-5-12(10-13)17-14(18)11-16(15(19)20)7-4-8-16/h1,3,5-6,10H,4,7-9,11H2,(H,17,18)(H,19,20). The molecule has 2 rings (SSSR count). The smallest absolute Gasteiger partial charge is 0.310 e. The Balaban J connectivity index is 1.96. The number of carboxylic acids is 1. The number of hydrogen-bond acceptors (Lipinski definition) is 3. The van der Waals surface area contributed by atoms with Crippen molar-refractivity contribution in [1.82, 2.24) is 0 Å². The Bertz CT molecular complexity index is 584. The van der Waals surface area contributed by atoms with E-state index in [1.165, 1.54) is 0 Å². The van der Waals surface area contributed by atoms with Crippen molar-refractivity contribution in [2.24, 2.45) is 5.41 Å². The molecule has 1 aromatic rings. The van der Waals surface area contributed by atoms with E-state index in [-0.39, 0.29) is 18.9 Å². The van der Waals surface area contributed by atoms with Gasteiger partial charge in [0.05, 0.1) is 5.41 Å². The molecule has 0 aliphatic heterocycles. The van der Waals surface area contributed by atoms with Gasteiger partial charge >= 0.3 is 5.97 Å². The summed E-state index contributed by atoms with van der Waals surface area (Å²) >= 11 is 0. The van der Waals surface area contributed by atoms with E-state index in [1.807, 2.05) is 0 Å². The number of carbonyl (C=O) groups excluding carboxylic acids is 1. The number of terminal acetylenes is 1. The van der Waals surface area contributed by atoms with Crippen molar-refractivity contribution in [2.45, 2.75) is 25.7 Å². The molecular formula is C16H17NO4. The number of anilines is 1. The van der Waals surface area contributed by atoms with Crippen molar-refractivity contribution in [2.75, 3.05) is 11.9 Å². The fourth-order valence-corrected chi connectivity index (χ4v) is 2.37. The first-order chi connectivity index (χ1) is 10.1. The number of ether oxygens (including phenoxy) is 1. The number of amides is 1. The minimum absolute atomic E-state index is 0.00221. The maximum atomic E-state index is 12.0. The van der Waals surface area contributed by atoms with E-state index >= 15 is 0 Å². The summed E-state index contributed by atoms with van der Waals surface area (Å²) in [7, 11) is 0. The van der Waals surface area contributed by atoms with Gasteiger partial charge in [-0.25, -0.2) is 0 Å². The Morgan fingerprint density at radius 2 is 2.19 bits per heavy atom. The molecule has 0 heterocycles. The summed E-state index contributed by atoms with van der Waals surface area (Å²) in [6, 6.07) is 6.84. The molecule has 1 aromatic carbocycles. The minimum Gasteiger partial charge on any atom is -0.481 e. The first kappa shape index (κ1) is 14.9. The zero-order chi connectivity index (χ0) is 15.3. The lowest BCUT2D eigenvalue weighted by molar-refractivity contribution is -0.157. The summed E-state index contributed by atoms with van der Waals surface area (Å²) < 4.78 is 5.27. The zero-order valence-corrected chi connectivity index (χ0v) is 11.6. The molecule has 0 radical (unpaired) electrons. The highest BCUT2D eigenvalue weighted by molar-refractivity contribution is 5.94. The second kappa shape index (κ2) is 6.31. The molecule has 1 aliphatic carbocycles. The van der Waals surface area contributed by atoms with Gasteiger partial charge in [-0.1, -0.05) is 18.4 Å². The van der Waals surface area contributed by atoms with Crippen LogP contribution in [0.1, 0.15) is 25.7 Å². The lowest BCUT2D eigenvalue weighted by Crippen LogP contribution is -2.41. The summed E-state index contributed by atoms with van der Waals surface area (Å²) in [5.41, 5.74) is -0.323. The van der Waals surface area contributed by atoms with Crippen LogP contribution in [0.4, 0.5) is 5.69 Å². The molecule has 1 fully saturated rings. The molecule has 0 aromatic heterocycles. The molecule has 5 heteroatoms. The summed E-state index contributed by atoms with van der Waals surface area (Å²) in [6.45, 7) is 0.152. The largest absolute Gasteiger partial charge is 0.481 e. The van der Waals surface area contributed by atoms with Crippen LogP contribution in [0.3, 0.4) is 0 Å². The van der Waals surface area contributed by atoms with Crippen molar-refractivity contribution in [1.29, 1.82) is 0 Å². The molecule has 5 nitrogen and oxygen atoms in total. The topological polar surface area (TPSA) is 75.6 Å². The fraction of sp³-hybridized carbons (Fsp3) is 0.375. The van der Waals surface area contributed by atoms with Gasteiger partial charge in [0.15, 0.2) is 0 Å². The normalized spacial score (nSPS) is 15.4. The van der Waals surface area contributed by atoms with Gasteiger partial charge in [0.2, 0.25) is 5.91 Å². The predicted molar refractivity (Wildman–Crippen MR) is 77.9 cm³/mol. The third kappa shape index (κ3) is 3.54. The van der Waals surface area contributed by atoms with Crippen molar-refractivity contribution in [3.63, 3.8) is 0 Å². The van der Waals surface area contributed by atoms with Gasteiger partial charge in [0.25, 0.3) is 0 Å². The fourth-order valence-electron chi connectivity index (χ4n) is 2.37.